The lowest BCUT2D eigenvalue weighted by molar-refractivity contribution is -0.143. The first kappa shape index (κ1) is 31.2. The van der Waals surface area contributed by atoms with Gasteiger partial charge in [-0.25, -0.2) is 4.79 Å². The number of primary amides is 1. The van der Waals surface area contributed by atoms with Crippen molar-refractivity contribution in [3.8, 4) is 0 Å². The fourth-order valence-corrected chi connectivity index (χ4v) is 2.96. The van der Waals surface area contributed by atoms with Crippen LogP contribution in [-0.2, 0) is 24.0 Å². The summed E-state index contributed by atoms with van der Waals surface area (Å²) in [6.07, 6.45) is 0.605. The monoisotopic (exact) mass is 489 g/mol. The third-order valence-corrected chi connectivity index (χ3v) is 5.00. The summed E-state index contributed by atoms with van der Waals surface area (Å²) < 4.78 is 0. The van der Waals surface area contributed by atoms with E-state index in [1.165, 1.54) is 6.92 Å². The summed E-state index contributed by atoms with van der Waals surface area (Å²) in [5.41, 5.74) is 21.6. The Morgan fingerprint density at radius 2 is 1.18 bits per heavy atom. The van der Waals surface area contributed by atoms with Crippen LogP contribution >= 0.6 is 0 Å². The van der Waals surface area contributed by atoms with Gasteiger partial charge in [0.05, 0.1) is 12.5 Å². The maximum Gasteiger partial charge on any atom is 0.326 e. The van der Waals surface area contributed by atoms with E-state index >= 15 is 0 Å². The van der Waals surface area contributed by atoms with Gasteiger partial charge in [0.25, 0.3) is 0 Å². The normalized spacial score (nSPS) is 15.3. The van der Waals surface area contributed by atoms with Crippen LogP contribution < -0.4 is 38.9 Å². The van der Waals surface area contributed by atoms with Gasteiger partial charge in [-0.05, 0) is 58.5 Å². The first-order chi connectivity index (χ1) is 15.9. The smallest absolute Gasteiger partial charge is 0.326 e. The van der Waals surface area contributed by atoms with Gasteiger partial charge in [0.15, 0.2) is 0 Å². The predicted molar refractivity (Wildman–Crippen MR) is 123 cm³/mol. The van der Waals surface area contributed by atoms with E-state index in [9.17, 15) is 34.2 Å². The lowest BCUT2D eigenvalue weighted by Crippen LogP contribution is -2.58. The summed E-state index contributed by atoms with van der Waals surface area (Å²) in [5, 5.41) is 26.0. The minimum atomic E-state index is -1.57. The molecule has 0 aromatic heterocycles. The topological polar surface area (TPSA) is 266 Å². The van der Waals surface area contributed by atoms with Crippen LogP contribution in [0.5, 0.6) is 0 Å². The molecule has 0 radical (unpaired) electrons. The Hall–Kier alpha value is -2.81. The first-order valence-electron chi connectivity index (χ1n) is 11.2. The molecule has 0 fully saturated rings. The number of aliphatic hydroxyl groups is 1. The number of nitrogens with one attached hydrogen (secondary N) is 3. The van der Waals surface area contributed by atoms with Crippen LogP contribution in [-0.4, -0.2) is 83.2 Å². The molecule has 4 amide bonds. The number of rotatable bonds is 18. The van der Waals surface area contributed by atoms with Gasteiger partial charge in [-0.15, -0.1) is 0 Å². The van der Waals surface area contributed by atoms with Gasteiger partial charge in [-0.3, -0.25) is 19.2 Å². The van der Waals surface area contributed by atoms with Crippen LogP contribution in [0.15, 0.2) is 0 Å². The summed E-state index contributed by atoms with van der Waals surface area (Å²) in [4.78, 5) is 60.5. The number of carbonyl (C=O) groups excluding carboxylic acids is 4. The van der Waals surface area contributed by atoms with Crippen LogP contribution in [0.25, 0.3) is 0 Å². The van der Waals surface area contributed by atoms with Gasteiger partial charge in [0, 0.05) is 0 Å². The molecule has 0 saturated heterocycles. The van der Waals surface area contributed by atoms with Crippen molar-refractivity contribution in [2.75, 3.05) is 13.1 Å². The summed E-state index contributed by atoms with van der Waals surface area (Å²) >= 11 is 0. The van der Waals surface area contributed by atoms with E-state index < -0.39 is 66.3 Å². The van der Waals surface area contributed by atoms with E-state index in [1.54, 1.807) is 0 Å². The van der Waals surface area contributed by atoms with Crippen LogP contribution in [0.1, 0.15) is 51.9 Å². The number of carboxylic acids is 1. The molecule has 14 nitrogen and oxygen atoms in total. The largest absolute Gasteiger partial charge is 0.480 e. The lowest BCUT2D eigenvalue weighted by atomic mass is 10.0. The van der Waals surface area contributed by atoms with Crippen LogP contribution in [0.3, 0.4) is 0 Å². The maximum absolute atomic E-state index is 13.0. The van der Waals surface area contributed by atoms with E-state index in [4.69, 9.17) is 22.9 Å². The number of aliphatic hydroxyl groups excluding tert-OH is 1. The zero-order valence-electron chi connectivity index (χ0n) is 19.5. The van der Waals surface area contributed by atoms with Gasteiger partial charge in [-0.1, -0.05) is 0 Å². The molecule has 5 unspecified atom stereocenters. The van der Waals surface area contributed by atoms with E-state index in [2.05, 4.69) is 16.0 Å². The summed E-state index contributed by atoms with van der Waals surface area (Å²) in [5.74, 6) is -4.66. The third kappa shape index (κ3) is 12.4. The zero-order chi connectivity index (χ0) is 26.3. The molecule has 0 rings (SSSR count). The Morgan fingerprint density at radius 3 is 1.53 bits per heavy atom. The molecule has 0 aliphatic carbocycles. The quantitative estimate of drug-likeness (QED) is 0.0852. The van der Waals surface area contributed by atoms with E-state index in [1.807, 2.05) is 0 Å². The zero-order valence-corrected chi connectivity index (χ0v) is 19.5. The molecule has 0 bridgehead atoms. The maximum atomic E-state index is 13.0. The number of hydrogen-bond donors (Lipinski definition) is 9. The third-order valence-electron chi connectivity index (χ3n) is 5.00. The molecule has 14 heteroatoms. The highest BCUT2D eigenvalue weighted by atomic mass is 16.4. The highest BCUT2D eigenvalue weighted by molar-refractivity contribution is 5.94. The molecule has 13 N–H and O–H groups in total. The number of hydrogen-bond acceptors (Lipinski definition) is 9. The number of carboxylic acid groups (broad SMARTS) is 1. The fourth-order valence-electron chi connectivity index (χ4n) is 2.96. The summed E-state index contributed by atoms with van der Waals surface area (Å²) in [6, 6.07) is -5.07. The van der Waals surface area contributed by atoms with Crippen LogP contribution in [0.4, 0.5) is 0 Å². The van der Waals surface area contributed by atoms with Crippen molar-refractivity contribution in [1.29, 1.82) is 0 Å². The second-order valence-electron chi connectivity index (χ2n) is 8.03. The van der Waals surface area contributed by atoms with Crippen molar-refractivity contribution in [2.45, 2.75) is 82.1 Å². The molecular formula is C20H39N7O7. The average Bonchev–Trinajstić information content (AvgIpc) is 2.76. The molecule has 0 aliphatic heterocycles. The number of nitrogens with two attached hydrogens (primary N) is 4. The molecule has 34 heavy (non-hydrogen) atoms. The summed E-state index contributed by atoms with van der Waals surface area (Å²) in [7, 11) is 0. The molecule has 0 heterocycles. The van der Waals surface area contributed by atoms with Gasteiger partial charge in [-0.2, -0.15) is 0 Å². The Balaban J connectivity index is 5.53. The van der Waals surface area contributed by atoms with Crippen molar-refractivity contribution in [1.82, 2.24) is 16.0 Å². The van der Waals surface area contributed by atoms with Gasteiger partial charge < -0.3 is 49.1 Å². The molecule has 0 aromatic rings. The molecular weight excluding hydrogens is 450 g/mol. The SMILES string of the molecule is CC(O)C(N)C(=O)NC(CCCCN)C(=O)NC(CCCCN)C(=O)NC(CC(N)=O)C(=O)O. The van der Waals surface area contributed by atoms with Gasteiger partial charge in [0.1, 0.15) is 24.2 Å². The second-order valence-corrected chi connectivity index (χ2v) is 8.03. The minimum absolute atomic E-state index is 0.133. The number of aliphatic carboxylic acids is 1. The molecule has 0 spiro atoms. The number of unbranched alkanes of at least 4 members (excludes halogenated alkanes) is 2. The van der Waals surface area contributed by atoms with Crippen molar-refractivity contribution in [3.63, 3.8) is 0 Å². The lowest BCUT2D eigenvalue weighted by Gasteiger charge is -2.25. The molecule has 196 valence electrons. The summed E-state index contributed by atoms with van der Waals surface area (Å²) in [6.45, 7) is 2.04. The molecule has 0 saturated carbocycles. The van der Waals surface area contributed by atoms with Gasteiger partial charge >= 0.3 is 5.97 Å². The fraction of sp³-hybridized carbons (Fsp3) is 0.750. The predicted octanol–water partition coefficient (Wildman–Crippen LogP) is -3.63. The highest BCUT2D eigenvalue weighted by Crippen LogP contribution is 2.07. The average molecular weight is 490 g/mol. The first-order valence-corrected chi connectivity index (χ1v) is 11.2. The Kier molecular flexibility index (Phi) is 15.4. The molecule has 0 aliphatic rings. The van der Waals surface area contributed by atoms with Gasteiger partial charge in [0.2, 0.25) is 23.6 Å². The van der Waals surface area contributed by atoms with E-state index in [0.717, 1.165) is 0 Å². The highest BCUT2D eigenvalue weighted by Gasteiger charge is 2.31. The molecule has 0 aromatic carbocycles. The Bertz CT molecular complexity index is 690. The number of amides is 4. The van der Waals surface area contributed by atoms with Crippen molar-refractivity contribution in [3.05, 3.63) is 0 Å². The van der Waals surface area contributed by atoms with E-state index in [-0.39, 0.29) is 12.8 Å². The second kappa shape index (κ2) is 16.7. The van der Waals surface area contributed by atoms with Crippen molar-refractivity contribution < 1.29 is 34.2 Å². The Labute approximate surface area is 198 Å². The van der Waals surface area contributed by atoms with Crippen molar-refractivity contribution >= 4 is 29.6 Å². The minimum Gasteiger partial charge on any atom is -0.480 e. The number of carbonyl (C=O) groups is 5. The van der Waals surface area contributed by atoms with Crippen LogP contribution in [0, 0.1) is 0 Å². The standard InChI is InChI=1S/C20H39N7O7/c1-11(28)16(24)19(32)26-13(7-3-5-9-22)17(30)25-12(6-2-4-8-21)18(31)27-14(20(33)34)10-15(23)29/h11-14,16,28H,2-10,21-22,24H2,1H3,(H2,23,29)(H,25,30)(H,26,32)(H,27,31)(H,33,34). The Morgan fingerprint density at radius 1 is 0.765 bits per heavy atom. The molecule has 5 atom stereocenters. The van der Waals surface area contributed by atoms with Crippen molar-refractivity contribution in [2.24, 2.45) is 22.9 Å². The van der Waals surface area contributed by atoms with Crippen LogP contribution in [0.2, 0.25) is 0 Å². The van der Waals surface area contributed by atoms with E-state index in [0.29, 0.717) is 38.8 Å².